The molecule has 1 aromatic carbocycles. The van der Waals surface area contributed by atoms with Crippen LogP contribution in [0.3, 0.4) is 0 Å². The highest BCUT2D eigenvalue weighted by atomic mass is 16.7. The van der Waals surface area contributed by atoms with Gasteiger partial charge < -0.3 is 4.84 Å². The molecule has 0 atom stereocenters. The predicted molar refractivity (Wildman–Crippen MR) is 57.6 cm³/mol. The number of carbonyl (C=O) groups is 3. The average Bonchev–Trinajstić information content (AvgIpc) is 2.62. The van der Waals surface area contributed by atoms with Gasteiger partial charge in [0.2, 0.25) is 0 Å². The fourth-order valence-electron chi connectivity index (χ4n) is 1.40. The summed E-state index contributed by atoms with van der Waals surface area (Å²) in [4.78, 5) is 38.3. The van der Waals surface area contributed by atoms with Crippen molar-refractivity contribution in [3.63, 3.8) is 0 Å². The average molecular weight is 234 g/mol. The molecule has 0 aromatic heterocycles. The molecule has 3 amide bonds. The number of anilines is 1. The van der Waals surface area contributed by atoms with Crippen molar-refractivity contribution in [3.05, 3.63) is 30.3 Å². The summed E-state index contributed by atoms with van der Waals surface area (Å²) in [5.74, 6) is -1.00. The maximum atomic E-state index is 11.4. The molecule has 0 radical (unpaired) electrons. The second-order valence-electron chi connectivity index (χ2n) is 3.45. The third kappa shape index (κ3) is 2.60. The fourth-order valence-corrected chi connectivity index (χ4v) is 1.40. The van der Waals surface area contributed by atoms with Crippen molar-refractivity contribution in [1.29, 1.82) is 0 Å². The number of amides is 3. The van der Waals surface area contributed by atoms with Gasteiger partial charge in [-0.25, -0.2) is 4.79 Å². The van der Waals surface area contributed by atoms with Gasteiger partial charge in [-0.2, -0.15) is 0 Å². The molecule has 1 saturated heterocycles. The first-order valence-corrected chi connectivity index (χ1v) is 5.06. The summed E-state index contributed by atoms with van der Waals surface area (Å²) in [6.45, 7) is 0. The summed E-state index contributed by atoms with van der Waals surface area (Å²) >= 11 is 0. The van der Waals surface area contributed by atoms with Gasteiger partial charge in [0.1, 0.15) is 0 Å². The van der Waals surface area contributed by atoms with E-state index in [9.17, 15) is 14.4 Å². The fraction of sp³-hybridized carbons (Fsp3) is 0.182. The maximum absolute atomic E-state index is 11.4. The summed E-state index contributed by atoms with van der Waals surface area (Å²) in [6.07, 6.45) is -0.700. The van der Waals surface area contributed by atoms with Gasteiger partial charge in [-0.1, -0.05) is 18.2 Å². The number of rotatable bonds is 2. The highest BCUT2D eigenvalue weighted by Crippen LogP contribution is 2.13. The molecule has 1 aliphatic heterocycles. The lowest BCUT2D eigenvalue weighted by molar-refractivity contribution is -0.170. The number of benzene rings is 1. The van der Waals surface area contributed by atoms with E-state index in [1.54, 1.807) is 30.3 Å². The zero-order chi connectivity index (χ0) is 12.3. The summed E-state index contributed by atoms with van der Waals surface area (Å²) in [5.41, 5.74) is 0.525. The second kappa shape index (κ2) is 4.65. The topological polar surface area (TPSA) is 75.7 Å². The van der Waals surface area contributed by atoms with Crippen molar-refractivity contribution in [1.82, 2.24) is 5.06 Å². The molecule has 1 fully saturated rings. The van der Waals surface area contributed by atoms with Crippen LogP contribution in [0.5, 0.6) is 0 Å². The lowest BCUT2D eigenvalue weighted by atomic mass is 10.3. The van der Waals surface area contributed by atoms with E-state index in [0.29, 0.717) is 10.8 Å². The van der Waals surface area contributed by atoms with Crippen LogP contribution in [0.15, 0.2) is 30.3 Å². The zero-order valence-corrected chi connectivity index (χ0v) is 8.88. The van der Waals surface area contributed by atoms with Crippen LogP contribution in [0, 0.1) is 0 Å². The number of para-hydroxylation sites is 1. The van der Waals surface area contributed by atoms with Gasteiger partial charge in [-0.3, -0.25) is 14.9 Å². The molecule has 1 N–H and O–H groups in total. The minimum Gasteiger partial charge on any atom is -0.311 e. The van der Waals surface area contributed by atoms with E-state index in [2.05, 4.69) is 10.2 Å². The predicted octanol–water partition coefficient (Wildman–Crippen LogP) is 1.30. The minimum absolute atomic E-state index is 0.0808. The SMILES string of the molecule is O=C(Nc1ccccc1)ON1C(=O)CCC1=O. The van der Waals surface area contributed by atoms with Crippen LogP contribution in [0.2, 0.25) is 0 Å². The minimum atomic E-state index is -0.861. The van der Waals surface area contributed by atoms with E-state index in [-0.39, 0.29) is 12.8 Å². The monoisotopic (exact) mass is 234 g/mol. The first-order valence-electron chi connectivity index (χ1n) is 5.06. The maximum Gasteiger partial charge on any atom is 0.436 e. The van der Waals surface area contributed by atoms with E-state index in [1.165, 1.54) is 0 Å². The van der Waals surface area contributed by atoms with E-state index in [0.717, 1.165) is 0 Å². The Bertz CT molecular complexity index is 442. The first-order chi connectivity index (χ1) is 8.16. The molecule has 88 valence electrons. The highest BCUT2D eigenvalue weighted by Gasteiger charge is 2.32. The molecule has 2 rings (SSSR count). The molecule has 6 heteroatoms. The zero-order valence-electron chi connectivity index (χ0n) is 8.88. The summed E-state index contributed by atoms with van der Waals surface area (Å²) < 4.78 is 0. The van der Waals surface area contributed by atoms with Crippen molar-refractivity contribution in [2.24, 2.45) is 0 Å². The van der Waals surface area contributed by atoms with Gasteiger partial charge >= 0.3 is 6.09 Å². The van der Waals surface area contributed by atoms with Crippen LogP contribution in [0.25, 0.3) is 0 Å². The molecule has 0 spiro atoms. The van der Waals surface area contributed by atoms with Gasteiger partial charge in [0, 0.05) is 18.5 Å². The Morgan fingerprint density at radius 2 is 1.71 bits per heavy atom. The summed E-state index contributed by atoms with van der Waals surface area (Å²) in [6, 6.07) is 8.59. The second-order valence-corrected chi connectivity index (χ2v) is 3.45. The summed E-state index contributed by atoms with van der Waals surface area (Å²) in [5, 5.41) is 2.90. The highest BCUT2D eigenvalue weighted by molar-refractivity contribution is 6.02. The number of nitrogens with one attached hydrogen (secondary N) is 1. The Morgan fingerprint density at radius 3 is 2.29 bits per heavy atom. The summed E-state index contributed by atoms with van der Waals surface area (Å²) in [7, 11) is 0. The largest absolute Gasteiger partial charge is 0.436 e. The molecular weight excluding hydrogens is 224 g/mol. The lowest BCUT2D eigenvalue weighted by Gasteiger charge is -2.12. The van der Waals surface area contributed by atoms with Crippen LogP contribution in [-0.4, -0.2) is 23.0 Å². The molecule has 17 heavy (non-hydrogen) atoms. The van der Waals surface area contributed by atoms with Crippen molar-refractivity contribution in [2.75, 3.05) is 5.32 Å². The normalized spacial score (nSPS) is 14.9. The quantitative estimate of drug-likeness (QED) is 0.782. The Hall–Kier alpha value is -2.37. The number of hydrogen-bond acceptors (Lipinski definition) is 4. The van der Waals surface area contributed by atoms with Gasteiger partial charge in [-0.05, 0) is 12.1 Å². The standard InChI is InChI=1S/C11H10N2O4/c14-9-6-7-10(15)13(9)17-11(16)12-8-4-2-1-3-5-8/h1-5H,6-7H2,(H,12,16). The van der Waals surface area contributed by atoms with Crippen molar-refractivity contribution in [3.8, 4) is 0 Å². The van der Waals surface area contributed by atoms with Gasteiger partial charge in [0.05, 0.1) is 0 Å². The van der Waals surface area contributed by atoms with Crippen LogP contribution in [0.4, 0.5) is 10.5 Å². The van der Waals surface area contributed by atoms with E-state index >= 15 is 0 Å². The Balaban J connectivity index is 1.94. The van der Waals surface area contributed by atoms with Gasteiger partial charge in [-0.15, -0.1) is 5.06 Å². The molecule has 1 heterocycles. The molecule has 1 aromatic rings. The number of hydrogen-bond donors (Lipinski definition) is 1. The van der Waals surface area contributed by atoms with Gasteiger partial charge in [0.15, 0.2) is 0 Å². The van der Waals surface area contributed by atoms with Crippen molar-refractivity contribution in [2.45, 2.75) is 12.8 Å². The number of nitrogens with zero attached hydrogens (tertiary/aromatic N) is 1. The van der Waals surface area contributed by atoms with E-state index in [4.69, 9.17) is 0 Å². The molecule has 0 aliphatic carbocycles. The smallest absolute Gasteiger partial charge is 0.311 e. The first kappa shape index (κ1) is 11.1. The number of imide groups is 1. The molecular formula is C11H10N2O4. The van der Waals surface area contributed by atoms with E-state index in [1.807, 2.05) is 0 Å². The van der Waals surface area contributed by atoms with Crippen LogP contribution in [-0.2, 0) is 14.4 Å². The molecule has 1 aliphatic rings. The lowest BCUT2D eigenvalue weighted by Crippen LogP contribution is -2.33. The van der Waals surface area contributed by atoms with Crippen LogP contribution in [0.1, 0.15) is 12.8 Å². The number of carbonyl (C=O) groups excluding carboxylic acids is 3. The third-order valence-electron chi connectivity index (χ3n) is 2.20. The Labute approximate surface area is 97.1 Å². The molecule has 0 bridgehead atoms. The van der Waals surface area contributed by atoms with E-state index < -0.39 is 17.9 Å². The van der Waals surface area contributed by atoms with Crippen molar-refractivity contribution < 1.29 is 19.2 Å². The molecule has 0 unspecified atom stereocenters. The molecule has 6 nitrogen and oxygen atoms in total. The van der Waals surface area contributed by atoms with Crippen molar-refractivity contribution >= 4 is 23.6 Å². The number of hydroxylamine groups is 2. The Kier molecular flexibility index (Phi) is 3.04. The van der Waals surface area contributed by atoms with Gasteiger partial charge in [0.25, 0.3) is 11.8 Å². The Morgan fingerprint density at radius 1 is 1.12 bits per heavy atom. The van der Waals surface area contributed by atoms with Crippen LogP contribution < -0.4 is 5.32 Å². The molecule has 0 saturated carbocycles. The third-order valence-corrected chi connectivity index (χ3v) is 2.20. The van der Waals surface area contributed by atoms with Crippen LogP contribution >= 0.6 is 0 Å².